The zero-order valence-electron chi connectivity index (χ0n) is 8.39. The maximum Gasteiger partial charge on any atom is 0.165 e. The number of hydrogen-bond donors (Lipinski definition) is 0. The average molecular weight is 217 g/mol. The fourth-order valence-electron chi connectivity index (χ4n) is 0.998. The Kier molecular flexibility index (Phi) is 4.21. The highest BCUT2D eigenvalue weighted by molar-refractivity contribution is 6.18. The van der Waals surface area contributed by atoms with Crippen LogP contribution in [0.15, 0.2) is 18.2 Å². The molecule has 0 bridgehead atoms. The molecule has 0 aliphatic heterocycles. The Balaban J connectivity index is 2.62. The van der Waals surface area contributed by atoms with E-state index in [1.54, 1.807) is 12.1 Å². The zero-order valence-corrected chi connectivity index (χ0v) is 9.14. The van der Waals surface area contributed by atoms with E-state index in [0.29, 0.717) is 18.2 Å². The number of benzene rings is 1. The third-order valence-corrected chi connectivity index (χ3v) is 2.40. The molecule has 0 aliphatic carbocycles. The Bertz CT molecular complexity index is 301. The van der Waals surface area contributed by atoms with E-state index in [-0.39, 0.29) is 11.7 Å². The highest BCUT2D eigenvalue weighted by atomic mass is 35.5. The van der Waals surface area contributed by atoms with E-state index in [1.165, 1.54) is 6.07 Å². The van der Waals surface area contributed by atoms with Crippen LogP contribution in [0.5, 0.6) is 5.75 Å². The summed E-state index contributed by atoms with van der Waals surface area (Å²) in [7, 11) is 0. The summed E-state index contributed by atoms with van der Waals surface area (Å²) in [5, 5.41) is 0. The molecule has 0 amide bonds. The molecule has 0 radical (unpaired) electrons. The van der Waals surface area contributed by atoms with Crippen molar-refractivity contribution in [2.75, 3.05) is 12.5 Å². The average Bonchev–Trinajstić information content (AvgIpc) is 2.19. The van der Waals surface area contributed by atoms with Crippen molar-refractivity contribution < 1.29 is 9.13 Å². The Morgan fingerprint density at radius 3 is 2.86 bits per heavy atom. The number of hydrogen-bond acceptors (Lipinski definition) is 1. The summed E-state index contributed by atoms with van der Waals surface area (Å²) in [5.41, 5.74) is 0.986. The highest BCUT2D eigenvalue weighted by Gasteiger charge is 2.05. The van der Waals surface area contributed by atoms with Gasteiger partial charge in [0, 0.05) is 11.8 Å². The topological polar surface area (TPSA) is 9.23 Å². The van der Waals surface area contributed by atoms with Crippen LogP contribution in [0.1, 0.15) is 12.5 Å². The maximum atomic E-state index is 13.2. The minimum Gasteiger partial charge on any atom is -0.490 e. The maximum absolute atomic E-state index is 13.2. The monoisotopic (exact) mass is 216 g/mol. The largest absolute Gasteiger partial charge is 0.490 e. The molecule has 0 heterocycles. The molecule has 1 nitrogen and oxygen atoms in total. The van der Waals surface area contributed by atoms with Crippen LogP contribution in [0.3, 0.4) is 0 Å². The summed E-state index contributed by atoms with van der Waals surface area (Å²) in [6.07, 6.45) is 0. The van der Waals surface area contributed by atoms with E-state index in [0.717, 1.165) is 5.56 Å². The third-order valence-electron chi connectivity index (χ3n) is 1.87. The van der Waals surface area contributed by atoms with Crippen LogP contribution in [-0.4, -0.2) is 12.5 Å². The van der Waals surface area contributed by atoms with Crippen LogP contribution in [-0.2, 0) is 0 Å². The van der Waals surface area contributed by atoms with Gasteiger partial charge in [-0.05, 0) is 24.6 Å². The number of aryl methyl sites for hydroxylation is 1. The Morgan fingerprint density at radius 2 is 2.21 bits per heavy atom. The molecule has 0 aliphatic rings. The molecular weight excluding hydrogens is 203 g/mol. The summed E-state index contributed by atoms with van der Waals surface area (Å²) >= 11 is 5.62. The van der Waals surface area contributed by atoms with E-state index < -0.39 is 0 Å². The van der Waals surface area contributed by atoms with Crippen molar-refractivity contribution in [3.8, 4) is 5.75 Å². The molecule has 1 aromatic carbocycles. The van der Waals surface area contributed by atoms with Crippen molar-refractivity contribution in [3.05, 3.63) is 29.6 Å². The van der Waals surface area contributed by atoms with Crippen molar-refractivity contribution >= 4 is 11.6 Å². The second-order valence-corrected chi connectivity index (χ2v) is 3.81. The molecule has 1 rings (SSSR count). The minimum absolute atomic E-state index is 0.233. The zero-order chi connectivity index (χ0) is 10.6. The van der Waals surface area contributed by atoms with Crippen LogP contribution >= 0.6 is 11.6 Å². The lowest BCUT2D eigenvalue weighted by molar-refractivity contribution is 0.261. The fraction of sp³-hybridized carbons (Fsp3) is 0.455. The molecular formula is C11H14ClFO. The van der Waals surface area contributed by atoms with Crippen LogP contribution in [0.4, 0.5) is 4.39 Å². The van der Waals surface area contributed by atoms with E-state index in [2.05, 4.69) is 0 Å². The first kappa shape index (κ1) is 11.3. The molecule has 0 N–H and O–H groups in total. The van der Waals surface area contributed by atoms with E-state index in [4.69, 9.17) is 16.3 Å². The Morgan fingerprint density at radius 1 is 1.50 bits per heavy atom. The highest BCUT2D eigenvalue weighted by Crippen LogP contribution is 2.19. The quantitative estimate of drug-likeness (QED) is 0.701. The smallest absolute Gasteiger partial charge is 0.165 e. The van der Waals surface area contributed by atoms with Crippen molar-refractivity contribution in [1.82, 2.24) is 0 Å². The third kappa shape index (κ3) is 3.18. The van der Waals surface area contributed by atoms with Crippen LogP contribution in [0, 0.1) is 18.7 Å². The second-order valence-electron chi connectivity index (χ2n) is 3.50. The molecule has 0 saturated heterocycles. The lowest BCUT2D eigenvalue weighted by Gasteiger charge is -2.11. The second kappa shape index (κ2) is 5.20. The Hall–Kier alpha value is -0.760. The van der Waals surface area contributed by atoms with Gasteiger partial charge in [-0.15, -0.1) is 11.6 Å². The summed E-state index contributed by atoms with van der Waals surface area (Å²) in [6, 6.07) is 4.82. The summed E-state index contributed by atoms with van der Waals surface area (Å²) in [4.78, 5) is 0. The molecule has 1 atom stereocenters. The molecule has 0 fully saturated rings. The van der Waals surface area contributed by atoms with Gasteiger partial charge in [0.1, 0.15) is 0 Å². The van der Waals surface area contributed by atoms with Gasteiger partial charge >= 0.3 is 0 Å². The van der Waals surface area contributed by atoms with Gasteiger partial charge in [0.15, 0.2) is 11.6 Å². The molecule has 14 heavy (non-hydrogen) atoms. The van der Waals surface area contributed by atoms with E-state index in [9.17, 15) is 4.39 Å². The van der Waals surface area contributed by atoms with Crippen molar-refractivity contribution in [2.24, 2.45) is 5.92 Å². The number of rotatable bonds is 4. The van der Waals surface area contributed by atoms with Gasteiger partial charge in [0.2, 0.25) is 0 Å². The molecule has 1 unspecified atom stereocenters. The SMILES string of the molecule is Cc1ccc(F)c(OCC(C)CCl)c1. The number of ether oxygens (including phenoxy) is 1. The predicted octanol–water partition coefficient (Wildman–Crippen LogP) is 3.39. The van der Waals surface area contributed by atoms with Crippen molar-refractivity contribution in [3.63, 3.8) is 0 Å². The first-order valence-corrected chi connectivity index (χ1v) is 5.12. The molecule has 0 spiro atoms. The van der Waals surface area contributed by atoms with Crippen molar-refractivity contribution in [2.45, 2.75) is 13.8 Å². The lowest BCUT2D eigenvalue weighted by atomic mass is 10.2. The van der Waals surface area contributed by atoms with E-state index in [1.807, 2.05) is 13.8 Å². The van der Waals surface area contributed by atoms with Crippen molar-refractivity contribution in [1.29, 1.82) is 0 Å². The minimum atomic E-state index is -0.322. The van der Waals surface area contributed by atoms with Gasteiger partial charge in [-0.25, -0.2) is 4.39 Å². The normalized spacial score (nSPS) is 12.6. The molecule has 78 valence electrons. The number of alkyl halides is 1. The summed E-state index contributed by atoms with van der Waals surface area (Å²) < 4.78 is 18.5. The predicted molar refractivity (Wildman–Crippen MR) is 56.5 cm³/mol. The summed E-state index contributed by atoms with van der Waals surface area (Å²) in [5.74, 6) is 0.740. The number of halogens is 2. The molecule has 1 aromatic rings. The molecule has 0 aromatic heterocycles. The van der Waals surface area contributed by atoms with Gasteiger partial charge in [0.05, 0.1) is 6.61 Å². The first-order valence-electron chi connectivity index (χ1n) is 4.58. The van der Waals surface area contributed by atoms with Gasteiger partial charge in [-0.3, -0.25) is 0 Å². The lowest BCUT2D eigenvalue weighted by Crippen LogP contribution is -2.10. The standard InChI is InChI=1S/C11H14ClFO/c1-8-3-4-10(13)11(5-8)14-7-9(2)6-12/h3-5,9H,6-7H2,1-2H3. The van der Waals surface area contributed by atoms with Gasteiger partial charge in [0.25, 0.3) is 0 Å². The Labute approximate surface area is 88.8 Å². The molecule has 0 saturated carbocycles. The fourth-order valence-corrected chi connectivity index (χ4v) is 1.09. The van der Waals surface area contributed by atoms with Gasteiger partial charge in [-0.1, -0.05) is 13.0 Å². The molecule has 3 heteroatoms. The first-order chi connectivity index (χ1) is 6.63. The summed E-state index contributed by atoms with van der Waals surface area (Å²) in [6.45, 7) is 4.31. The van der Waals surface area contributed by atoms with Gasteiger partial charge in [-0.2, -0.15) is 0 Å². The van der Waals surface area contributed by atoms with Gasteiger partial charge < -0.3 is 4.74 Å². The van der Waals surface area contributed by atoms with E-state index >= 15 is 0 Å². The van der Waals surface area contributed by atoms with Crippen LogP contribution in [0.2, 0.25) is 0 Å². The van der Waals surface area contributed by atoms with Crippen LogP contribution < -0.4 is 4.74 Å². The van der Waals surface area contributed by atoms with Crippen LogP contribution in [0.25, 0.3) is 0 Å².